The average molecular weight is 357 g/mol. The van der Waals surface area contributed by atoms with E-state index in [0.717, 1.165) is 0 Å². The fraction of sp³-hybridized carbons (Fsp3) is 0.550. The van der Waals surface area contributed by atoms with Crippen LogP contribution in [0.5, 0.6) is 0 Å². The highest BCUT2D eigenvalue weighted by molar-refractivity contribution is 5.97. The zero-order valence-corrected chi connectivity index (χ0v) is 15.2. The number of benzene rings is 1. The first kappa shape index (κ1) is 18.4. The smallest absolute Gasteiger partial charge is 0.253 e. The van der Waals surface area contributed by atoms with Crippen molar-refractivity contribution in [2.45, 2.75) is 38.5 Å². The summed E-state index contributed by atoms with van der Waals surface area (Å²) in [7, 11) is 0. The summed E-state index contributed by atoms with van der Waals surface area (Å²) in [6, 6.07) is 6.39. The van der Waals surface area contributed by atoms with Gasteiger partial charge < -0.3 is 15.5 Å². The molecular weight excluding hydrogens is 330 g/mol. The van der Waals surface area contributed by atoms with E-state index in [1.165, 1.54) is 32.1 Å². The Morgan fingerprint density at radius 3 is 1.96 bits per heavy atom. The van der Waals surface area contributed by atoms with Crippen molar-refractivity contribution in [3.63, 3.8) is 0 Å². The van der Waals surface area contributed by atoms with Crippen molar-refractivity contribution >= 4 is 17.7 Å². The largest absolute Gasteiger partial charge is 0.366 e. The number of carbonyl (C=O) groups excluding carboxylic acids is 3. The second kappa shape index (κ2) is 8.34. The lowest BCUT2D eigenvalue weighted by atomic mass is 9.86. The Hall–Kier alpha value is -2.37. The van der Waals surface area contributed by atoms with E-state index in [2.05, 4.69) is 0 Å². The summed E-state index contributed by atoms with van der Waals surface area (Å²) in [5.74, 6) is 0.198. The predicted molar refractivity (Wildman–Crippen MR) is 98.6 cm³/mol. The third kappa shape index (κ3) is 4.42. The first-order valence-electron chi connectivity index (χ1n) is 9.51. The van der Waals surface area contributed by atoms with Gasteiger partial charge in [-0.15, -0.1) is 0 Å². The minimum atomic E-state index is -0.505. The molecule has 0 atom stereocenters. The Morgan fingerprint density at radius 1 is 0.846 bits per heavy atom. The molecule has 3 rings (SSSR count). The second-order valence-electron chi connectivity index (χ2n) is 7.32. The number of hydrogen-bond donors (Lipinski definition) is 1. The van der Waals surface area contributed by atoms with Gasteiger partial charge in [-0.05, 0) is 43.0 Å². The standard InChI is InChI=1S/C20H27N3O3/c21-19(25)16-6-8-17(9-7-16)20(26)23-12-10-22(11-13-23)18(24)14-15-4-2-1-3-5-15/h6-9,15H,1-5,10-14H2,(H2,21,25). The van der Waals surface area contributed by atoms with E-state index >= 15 is 0 Å². The van der Waals surface area contributed by atoms with Crippen molar-refractivity contribution in [1.29, 1.82) is 0 Å². The summed E-state index contributed by atoms with van der Waals surface area (Å²) in [4.78, 5) is 39.9. The highest BCUT2D eigenvalue weighted by Gasteiger charge is 2.26. The van der Waals surface area contributed by atoms with Crippen molar-refractivity contribution in [2.75, 3.05) is 26.2 Å². The first-order chi connectivity index (χ1) is 12.5. The lowest BCUT2D eigenvalue weighted by Gasteiger charge is -2.35. The van der Waals surface area contributed by atoms with E-state index in [9.17, 15) is 14.4 Å². The van der Waals surface area contributed by atoms with Gasteiger partial charge in [0.05, 0.1) is 0 Å². The van der Waals surface area contributed by atoms with E-state index < -0.39 is 5.91 Å². The Bertz CT molecular complexity index is 657. The van der Waals surface area contributed by atoms with Crippen LogP contribution in [0.15, 0.2) is 24.3 Å². The van der Waals surface area contributed by atoms with Crippen LogP contribution < -0.4 is 5.73 Å². The van der Waals surface area contributed by atoms with Gasteiger partial charge in [-0.25, -0.2) is 0 Å². The number of nitrogens with zero attached hydrogens (tertiary/aromatic N) is 2. The molecule has 1 saturated carbocycles. The monoisotopic (exact) mass is 357 g/mol. The second-order valence-corrected chi connectivity index (χ2v) is 7.32. The van der Waals surface area contributed by atoms with Gasteiger partial charge in [0.2, 0.25) is 11.8 Å². The Morgan fingerprint density at radius 2 is 1.38 bits per heavy atom. The van der Waals surface area contributed by atoms with E-state index in [0.29, 0.717) is 49.6 Å². The van der Waals surface area contributed by atoms with Crippen LogP contribution in [0.3, 0.4) is 0 Å². The van der Waals surface area contributed by atoms with E-state index in [1.807, 2.05) is 4.90 Å². The van der Waals surface area contributed by atoms with Gasteiger partial charge in [0.15, 0.2) is 0 Å². The lowest BCUT2D eigenvalue weighted by Crippen LogP contribution is -2.50. The summed E-state index contributed by atoms with van der Waals surface area (Å²) in [5, 5.41) is 0. The topological polar surface area (TPSA) is 83.7 Å². The molecule has 0 radical (unpaired) electrons. The fourth-order valence-electron chi connectivity index (χ4n) is 3.89. The number of primary amides is 1. The molecule has 6 heteroatoms. The van der Waals surface area contributed by atoms with Crippen molar-refractivity contribution < 1.29 is 14.4 Å². The molecule has 1 aliphatic heterocycles. The number of carbonyl (C=O) groups is 3. The maximum absolute atomic E-state index is 12.6. The van der Waals surface area contributed by atoms with Crippen LogP contribution >= 0.6 is 0 Å². The lowest BCUT2D eigenvalue weighted by molar-refractivity contribution is -0.133. The van der Waals surface area contributed by atoms with Gasteiger partial charge in [0.25, 0.3) is 5.91 Å². The summed E-state index contributed by atoms with van der Waals surface area (Å²) in [6.45, 7) is 2.28. The molecular formula is C20H27N3O3. The molecule has 2 aliphatic rings. The van der Waals surface area contributed by atoms with E-state index in [-0.39, 0.29) is 11.8 Å². The molecule has 2 N–H and O–H groups in total. The van der Waals surface area contributed by atoms with Crippen molar-refractivity contribution in [1.82, 2.24) is 9.80 Å². The molecule has 1 heterocycles. The number of nitrogens with two attached hydrogens (primary N) is 1. The van der Waals surface area contributed by atoms with Gasteiger partial charge in [0, 0.05) is 43.7 Å². The van der Waals surface area contributed by atoms with Crippen LogP contribution in [-0.2, 0) is 4.79 Å². The van der Waals surface area contributed by atoms with E-state index in [1.54, 1.807) is 29.2 Å². The van der Waals surface area contributed by atoms with Crippen LogP contribution in [0, 0.1) is 5.92 Å². The number of hydrogen-bond acceptors (Lipinski definition) is 3. The summed E-state index contributed by atoms with van der Waals surface area (Å²) < 4.78 is 0. The fourth-order valence-corrected chi connectivity index (χ4v) is 3.89. The molecule has 0 bridgehead atoms. The number of amides is 3. The molecule has 1 saturated heterocycles. The molecule has 140 valence electrons. The Kier molecular flexibility index (Phi) is 5.91. The molecule has 3 amide bonds. The molecule has 26 heavy (non-hydrogen) atoms. The van der Waals surface area contributed by atoms with Crippen molar-refractivity contribution in [2.24, 2.45) is 11.7 Å². The highest BCUT2D eigenvalue weighted by Crippen LogP contribution is 2.27. The zero-order chi connectivity index (χ0) is 18.5. The zero-order valence-electron chi connectivity index (χ0n) is 15.2. The molecule has 1 aromatic carbocycles. The van der Waals surface area contributed by atoms with Crippen molar-refractivity contribution in [3.05, 3.63) is 35.4 Å². The predicted octanol–water partition coefficient (Wildman–Crippen LogP) is 2.04. The third-order valence-electron chi connectivity index (χ3n) is 5.52. The van der Waals surface area contributed by atoms with Gasteiger partial charge in [-0.2, -0.15) is 0 Å². The number of rotatable bonds is 4. The Labute approximate surface area is 154 Å². The summed E-state index contributed by atoms with van der Waals surface area (Å²) in [6.07, 6.45) is 6.79. The summed E-state index contributed by atoms with van der Waals surface area (Å²) in [5.41, 5.74) is 6.15. The average Bonchev–Trinajstić information content (AvgIpc) is 2.68. The van der Waals surface area contributed by atoms with Gasteiger partial charge in [-0.1, -0.05) is 19.3 Å². The maximum Gasteiger partial charge on any atom is 0.253 e. The maximum atomic E-state index is 12.6. The first-order valence-corrected chi connectivity index (χ1v) is 9.51. The van der Waals surface area contributed by atoms with Crippen LogP contribution in [0.1, 0.15) is 59.2 Å². The molecule has 0 spiro atoms. The van der Waals surface area contributed by atoms with Gasteiger partial charge >= 0.3 is 0 Å². The Balaban J connectivity index is 1.50. The number of piperazine rings is 1. The quantitative estimate of drug-likeness (QED) is 0.895. The molecule has 1 aromatic rings. The van der Waals surface area contributed by atoms with Gasteiger partial charge in [-0.3, -0.25) is 14.4 Å². The molecule has 2 fully saturated rings. The SMILES string of the molecule is NC(=O)c1ccc(C(=O)N2CCN(C(=O)CC3CCCCC3)CC2)cc1. The van der Waals surface area contributed by atoms with Crippen LogP contribution in [0.2, 0.25) is 0 Å². The van der Waals surface area contributed by atoms with Crippen LogP contribution in [0.25, 0.3) is 0 Å². The van der Waals surface area contributed by atoms with E-state index in [4.69, 9.17) is 5.73 Å². The van der Waals surface area contributed by atoms with Gasteiger partial charge in [0.1, 0.15) is 0 Å². The van der Waals surface area contributed by atoms with Crippen LogP contribution in [-0.4, -0.2) is 53.7 Å². The molecule has 0 aromatic heterocycles. The minimum Gasteiger partial charge on any atom is -0.366 e. The summed E-state index contributed by atoms with van der Waals surface area (Å²) >= 11 is 0. The third-order valence-corrected chi connectivity index (χ3v) is 5.52. The minimum absolute atomic E-state index is 0.0691. The molecule has 1 aliphatic carbocycles. The van der Waals surface area contributed by atoms with Crippen molar-refractivity contribution in [3.8, 4) is 0 Å². The normalized spacial score (nSPS) is 18.6. The molecule has 6 nitrogen and oxygen atoms in total. The highest BCUT2D eigenvalue weighted by atomic mass is 16.2. The van der Waals surface area contributed by atoms with Crippen LogP contribution in [0.4, 0.5) is 0 Å². The molecule has 0 unspecified atom stereocenters.